The van der Waals surface area contributed by atoms with E-state index >= 15 is 0 Å². The zero-order chi connectivity index (χ0) is 17.9. The van der Waals surface area contributed by atoms with Crippen LogP contribution in [-0.2, 0) is 6.54 Å². The fourth-order valence-electron chi connectivity index (χ4n) is 3.12. The largest absolute Gasteiger partial charge is 0.471 e. The first-order valence-corrected chi connectivity index (χ1v) is 8.79. The first kappa shape index (κ1) is 17.8. The Balaban J connectivity index is 1.60. The van der Waals surface area contributed by atoms with Crippen molar-refractivity contribution in [2.45, 2.75) is 51.7 Å². The van der Waals surface area contributed by atoms with Gasteiger partial charge in [0.05, 0.1) is 0 Å². The fourth-order valence-corrected chi connectivity index (χ4v) is 3.12. The lowest BCUT2D eigenvalue weighted by Gasteiger charge is -2.32. The molecule has 0 N–H and O–H groups in total. The van der Waals surface area contributed by atoms with Crippen LogP contribution in [-0.4, -0.2) is 33.6 Å². The van der Waals surface area contributed by atoms with E-state index in [0.717, 1.165) is 43.7 Å². The molecule has 1 aliphatic rings. The molecular formula is C20H25FN3O. The van der Waals surface area contributed by atoms with Gasteiger partial charge in [-0.2, -0.15) is 0 Å². The van der Waals surface area contributed by atoms with Crippen LogP contribution in [0.3, 0.4) is 0 Å². The summed E-state index contributed by atoms with van der Waals surface area (Å²) in [7, 11) is 0. The van der Waals surface area contributed by atoms with Gasteiger partial charge >= 0.3 is 0 Å². The van der Waals surface area contributed by atoms with Crippen LogP contribution in [0.4, 0.5) is 4.39 Å². The van der Waals surface area contributed by atoms with Gasteiger partial charge in [0.2, 0.25) is 5.88 Å². The predicted molar refractivity (Wildman–Crippen MR) is 94.9 cm³/mol. The molecule has 1 aromatic carbocycles. The molecule has 0 unspecified atom stereocenters. The Labute approximate surface area is 149 Å². The Morgan fingerprint density at radius 3 is 2.56 bits per heavy atom. The van der Waals surface area contributed by atoms with Gasteiger partial charge in [0.25, 0.3) is 0 Å². The van der Waals surface area contributed by atoms with E-state index in [1.807, 2.05) is 26.8 Å². The molecule has 0 spiro atoms. The molecule has 0 saturated carbocycles. The van der Waals surface area contributed by atoms with E-state index < -0.39 is 0 Å². The molecule has 3 rings (SSSR count). The van der Waals surface area contributed by atoms with E-state index in [0.29, 0.717) is 11.8 Å². The summed E-state index contributed by atoms with van der Waals surface area (Å²) in [5, 5.41) is 0. The van der Waals surface area contributed by atoms with Crippen molar-refractivity contribution >= 4 is 0 Å². The van der Waals surface area contributed by atoms with Crippen molar-refractivity contribution in [3.05, 3.63) is 53.7 Å². The molecule has 1 aliphatic heterocycles. The molecule has 1 saturated heterocycles. The molecule has 1 aromatic heterocycles. The smallest absolute Gasteiger partial charge is 0.237 e. The first-order valence-electron chi connectivity index (χ1n) is 8.79. The maximum absolute atomic E-state index is 13.0. The van der Waals surface area contributed by atoms with E-state index in [9.17, 15) is 4.39 Å². The fraction of sp³-hybridized carbons (Fsp3) is 0.500. The molecule has 0 atom stereocenters. The summed E-state index contributed by atoms with van der Waals surface area (Å²) < 4.78 is 19.0. The summed E-state index contributed by atoms with van der Waals surface area (Å²) in [6.45, 7) is 8.71. The van der Waals surface area contributed by atoms with Gasteiger partial charge < -0.3 is 4.74 Å². The second kappa shape index (κ2) is 7.48. The molecule has 0 amide bonds. The molecule has 4 nitrogen and oxygen atoms in total. The Morgan fingerprint density at radius 1 is 1.20 bits per heavy atom. The summed E-state index contributed by atoms with van der Waals surface area (Å²) in [5.74, 6) is 0.836. The number of halogens is 1. The van der Waals surface area contributed by atoms with E-state index in [1.54, 1.807) is 12.4 Å². The Morgan fingerprint density at radius 2 is 1.92 bits per heavy atom. The van der Waals surface area contributed by atoms with E-state index in [-0.39, 0.29) is 11.4 Å². The van der Waals surface area contributed by atoms with Crippen molar-refractivity contribution in [2.24, 2.45) is 0 Å². The third-order valence-electron chi connectivity index (χ3n) is 4.34. The maximum atomic E-state index is 13.0. The number of benzene rings is 1. The average Bonchev–Trinajstić information content (AvgIpc) is 2.57. The normalized spacial score (nSPS) is 16.8. The van der Waals surface area contributed by atoms with Crippen molar-refractivity contribution in [2.75, 3.05) is 13.1 Å². The van der Waals surface area contributed by atoms with Crippen LogP contribution in [0, 0.1) is 11.9 Å². The Kier molecular flexibility index (Phi) is 5.33. The monoisotopic (exact) mass is 342 g/mol. The number of rotatable bonds is 4. The lowest BCUT2D eigenvalue weighted by molar-refractivity contribution is 0.117. The zero-order valence-corrected chi connectivity index (χ0v) is 15.1. The minimum atomic E-state index is -0.295. The van der Waals surface area contributed by atoms with Gasteiger partial charge in [0.1, 0.15) is 17.1 Å². The molecule has 2 heterocycles. The number of hydrogen-bond acceptors (Lipinski definition) is 4. The number of piperidine rings is 1. The van der Waals surface area contributed by atoms with Gasteiger partial charge in [-0.05, 0) is 76.4 Å². The van der Waals surface area contributed by atoms with Crippen molar-refractivity contribution in [3.63, 3.8) is 0 Å². The van der Waals surface area contributed by atoms with Crippen LogP contribution in [0.15, 0.2) is 30.6 Å². The number of hydrogen-bond donors (Lipinski definition) is 0. The quantitative estimate of drug-likeness (QED) is 0.843. The van der Waals surface area contributed by atoms with Gasteiger partial charge in [0, 0.05) is 18.9 Å². The van der Waals surface area contributed by atoms with Crippen LogP contribution < -0.4 is 4.74 Å². The second-order valence-corrected chi connectivity index (χ2v) is 7.54. The predicted octanol–water partition coefficient (Wildman–Crippen LogP) is 3.97. The SMILES string of the molecule is CC(C)(C)Oc1nccnc1CN1CCC(c2[c]cc(F)cc2)CC1. The number of aromatic nitrogens is 2. The molecule has 133 valence electrons. The highest BCUT2D eigenvalue weighted by Crippen LogP contribution is 2.29. The van der Waals surface area contributed by atoms with E-state index in [1.165, 1.54) is 12.1 Å². The zero-order valence-electron chi connectivity index (χ0n) is 15.1. The topological polar surface area (TPSA) is 38.3 Å². The average molecular weight is 342 g/mol. The lowest BCUT2D eigenvalue weighted by Crippen LogP contribution is -2.33. The third-order valence-corrected chi connectivity index (χ3v) is 4.34. The standard InChI is InChI=1S/C20H25FN3O/c1-20(2,3)25-19-18(22-10-11-23-19)14-24-12-8-16(9-13-24)15-4-6-17(21)7-5-15/h4,6-7,10-11,16H,8-9,12-14H2,1-3H3. The van der Waals surface area contributed by atoms with Gasteiger partial charge in [-0.15, -0.1) is 0 Å². The highest BCUT2D eigenvalue weighted by atomic mass is 19.1. The van der Waals surface area contributed by atoms with Crippen LogP contribution in [0.25, 0.3) is 0 Å². The lowest BCUT2D eigenvalue weighted by atomic mass is 9.89. The Bertz CT molecular complexity index is 689. The number of nitrogens with zero attached hydrogens (tertiary/aromatic N) is 3. The number of ether oxygens (including phenoxy) is 1. The van der Waals surface area contributed by atoms with Crippen LogP contribution in [0.1, 0.15) is 50.8 Å². The van der Waals surface area contributed by atoms with E-state index in [4.69, 9.17) is 4.74 Å². The summed E-state index contributed by atoms with van der Waals surface area (Å²) in [6, 6.07) is 7.87. The minimum absolute atomic E-state index is 0.227. The van der Waals surface area contributed by atoms with Gasteiger partial charge in [0.15, 0.2) is 0 Å². The first-order chi connectivity index (χ1) is 11.9. The summed E-state index contributed by atoms with van der Waals surface area (Å²) in [5.41, 5.74) is 1.69. The van der Waals surface area contributed by atoms with Crippen LogP contribution >= 0.6 is 0 Å². The Hall–Kier alpha value is -2.01. The molecular weight excluding hydrogens is 317 g/mol. The van der Waals surface area contributed by atoms with Gasteiger partial charge in [-0.25, -0.2) is 9.37 Å². The maximum Gasteiger partial charge on any atom is 0.237 e. The van der Waals surface area contributed by atoms with Crippen LogP contribution in [0.5, 0.6) is 5.88 Å². The highest BCUT2D eigenvalue weighted by Gasteiger charge is 2.23. The number of likely N-dealkylation sites (tertiary alicyclic amines) is 1. The minimum Gasteiger partial charge on any atom is -0.471 e. The van der Waals surface area contributed by atoms with Crippen LogP contribution in [0.2, 0.25) is 0 Å². The van der Waals surface area contributed by atoms with Gasteiger partial charge in [-0.3, -0.25) is 9.88 Å². The molecule has 0 bridgehead atoms. The van der Waals surface area contributed by atoms with Crippen molar-refractivity contribution in [1.29, 1.82) is 0 Å². The summed E-state index contributed by atoms with van der Waals surface area (Å²) in [4.78, 5) is 11.2. The molecule has 1 fully saturated rings. The van der Waals surface area contributed by atoms with Gasteiger partial charge in [-0.1, -0.05) is 6.07 Å². The molecule has 25 heavy (non-hydrogen) atoms. The van der Waals surface area contributed by atoms with E-state index in [2.05, 4.69) is 20.9 Å². The summed E-state index contributed by atoms with van der Waals surface area (Å²) >= 11 is 0. The molecule has 1 radical (unpaired) electrons. The highest BCUT2D eigenvalue weighted by molar-refractivity contribution is 5.21. The molecule has 0 aliphatic carbocycles. The van der Waals surface area contributed by atoms with Crippen molar-refractivity contribution < 1.29 is 9.13 Å². The second-order valence-electron chi connectivity index (χ2n) is 7.54. The molecule has 2 aromatic rings. The third kappa shape index (κ3) is 4.98. The van der Waals surface area contributed by atoms with Crippen molar-refractivity contribution in [1.82, 2.24) is 14.9 Å². The summed E-state index contributed by atoms with van der Waals surface area (Å²) in [6.07, 6.45) is 5.46. The molecule has 5 heteroatoms. The van der Waals surface area contributed by atoms with Crippen molar-refractivity contribution in [3.8, 4) is 5.88 Å².